The zero-order chi connectivity index (χ0) is 13.9. The van der Waals surface area contributed by atoms with Crippen LogP contribution in [-0.4, -0.2) is 28.0 Å². The Morgan fingerprint density at radius 2 is 2.35 bits per heavy atom. The number of anilines is 1. The number of benzene rings is 1. The summed E-state index contributed by atoms with van der Waals surface area (Å²) < 4.78 is 0. The van der Waals surface area contributed by atoms with Crippen LogP contribution in [0.3, 0.4) is 0 Å². The second-order valence-corrected chi connectivity index (χ2v) is 6.05. The van der Waals surface area contributed by atoms with Crippen LogP contribution in [-0.2, 0) is 0 Å². The van der Waals surface area contributed by atoms with Crippen molar-refractivity contribution in [2.45, 2.75) is 6.42 Å². The summed E-state index contributed by atoms with van der Waals surface area (Å²) in [7, 11) is 0. The van der Waals surface area contributed by atoms with E-state index in [0.717, 1.165) is 17.6 Å². The number of nitrogens with zero attached hydrogens (tertiary/aromatic N) is 2. The fraction of sp³-hybridized carbons (Fsp3) is 0.357. The van der Waals surface area contributed by atoms with Crippen LogP contribution >= 0.6 is 11.8 Å². The normalized spacial score (nSPS) is 18.3. The molecule has 0 bridgehead atoms. The average molecular weight is 289 g/mol. The lowest BCUT2D eigenvalue weighted by atomic mass is 10.1. The molecule has 1 unspecified atom stereocenters. The number of rotatable bonds is 4. The molecule has 5 nitrogen and oxygen atoms in total. The Balaban J connectivity index is 1.90. The largest absolute Gasteiger partial charge is 0.384 e. The van der Waals surface area contributed by atoms with Crippen molar-refractivity contribution >= 4 is 34.0 Å². The van der Waals surface area contributed by atoms with Gasteiger partial charge in [0, 0.05) is 29.9 Å². The Morgan fingerprint density at radius 1 is 1.45 bits per heavy atom. The van der Waals surface area contributed by atoms with Crippen LogP contribution in [0.2, 0.25) is 0 Å². The van der Waals surface area contributed by atoms with E-state index in [9.17, 15) is 10.1 Å². The Hall–Kier alpha value is -1.82. The van der Waals surface area contributed by atoms with E-state index in [-0.39, 0.29) is 10.6 Å². The van der Waals surface area contributed by atoms with Gasteiger partial charge in [0.15, 0.2) is 0 Å². The van der Waals surface area contributed by atoms with E-state index >= 15 is 0 Å². The third-order valence-electron chi connectivity index (χ3n) is 3.55. The van der Waals surface area contributed by atoms with Gasteiger partial charge in [-0.05, 0) is 29.9 Å². The number of nitrogens with one attached hydrogen (secondary N) is 1. The fourth-order valence-electron chi connectivity index (χ4n) is 2.46. The van der Waals surface area contributed by atoms with Gasteiger partial charge in [-0.2, -0.15) is 11.8 Å². The molecule has 3 rings (SSSR count). The van der Waals surface area contributed by atoms with E-state index in [4.69, 9.17) is 0 Å². The van der Waals surface area contributed by atoms with Crippen molar-refractivity contribution in [1.82, 2.24) is 4.98 Å². The molecule has 0 spiro atoms. The lowest BCUT2D eigenvalue weighted by Gasteiger charge is -2.13. The highest BCUT2D eigenvalue weighted by Crippen LogP contribution is 2.29. The van der Waals surface area contributed by atoms with Crippen molar-refractivity contribution in [2.24, 2.45) is 5.92 Å². The van der Waals surface area contributed by atoms with Crippen molar-refractivity contribution in [3.8, 4) is 0 Å². The molecular weight excluding hydrogens is 274 g/mol. The monoisotopic (exact) mass is 289 g/mol. The summed E-state index contributed by atoms with van der Waals surface area (Å²) in [5, 5.41) is 15.3. The Kier molecular flexibility index (Phi) is 3.73. The van der Waals surface area contributed by atoms with Crippen molar-refractivity contribution < 1.29 is 4.92 Å². The average Bonchev–Trinajstić information content (AvgIpc) is 2.97. The van der Waals surface area contributed by atoms with E-state index in [2.05, 4.69) is 10.3 Å². The number of aromatic nitrogens is 1. The SMILES string of the molecule is O=[N+]([O-])c1cccc2c(NCC3CCSC3)ccnc12. The molecule has 2 heterocycles. The van der Waals surface area contributed by atoms with E-state index in [1.165, 1.54) is 24.0 Å². The van der Waals surface area contributed by atoms with Gasteiger partial charge in [0.2, 0.25) is 0 Å². The molecule has 1 saturated heterocycles. The fourth-order valence-corrected chi connectivity index (χ4v) is 3.75. The van der Waals surface area contributed by atoms with Crippen LogP contribution in [0.15, 0.2) is 30.5 Å². The van der Waals surface area contributed by atoms with E-state index in [1.807, 2.05) is 23.9 Å². The number of thioether (sulfide) groups is 1. The molecule has 6 heteroatoms. The summed E-state index contributed by atoms with van der Waals surface area (Å²) in [6.45, 7) is 0.912. The lowest BCUT2D eigenvalue weighted by Crippen LogP contribution is -2.13. The zero-order valence-electron chi connectivity index (χ0n) is 10.9. The quantitative estimate of drug-likeness (QED) is 0.691. The van der Waals surface area contributed by atoms with E-state index < -0.39 is 0 Å². The molecule has 1 aromatic carbocycles. The van der Waals surface area contributed by atoms with Gasteiger partial charge in [-0.15, -0.1) is 0 Å². The number of hydrogen-bond donors (Lipinski definition) is 1. The molecule has 1 aliphatic heterocycles. The molecule has 20 heavy (non-hydrogen) atoms. The molecule has 2 aromatic rings. The van der Waals surface area contributed by atoms with Gasteiger partial charge in [-0.1, -0.05) is 12.1 Å². The van der Waals surface area contributed by atoms with Gasteiger partial charge >= 0.3 is 0 Å². The van der Waals surface area contributed by atoms with E-state index in [0.29, 0.717) is 11.4 Å². The lowest BCUT2D eigenvalue weighted by molar-refractivity contribution is -0.383. The predicted molar refractivity (Wildman–Crippen MR) is 82.3 cm³/mol. The molecule has 0 amide bonds. The van der Waals surface area contributed by atoms with Crippen molar-refractivity contribution in [3.63, 3.8) is 0 Å². The van der Waals surface area contributed by atoms with Gasteiger partial charge in [0.25, 0.3) is 5.69 Å². The van der Waals surface area contributed by atoms with Crippen LogP contribution in [0.1, 0.15) is 6.42 Å². The standard InChI is InChI=1S/C14H15N3O2S/c18-17(19)13-3-1-2-11-12(4-6-15-14(11)13)16-8-10-5-7-20-9-10/h1-4,6,10H,5,7-9H2,(H,15,16). The maximum atomic E-state index is 11.0. The predicted octanol–water partition coefficient (Wildman–Crippen LogP) is 3.31. The summed E-state index contributed by atoms with van der Waals surface area (Å²) in [6, 6.07) is 6.96. The van der Waals surface area contributed by atoms with Crippen molar-refractivity contribution in [2.75, 3.05) is 23.4 Å². The summed E-state index contributed by atoms with van der Waals surface area (Å²) in [5.41, 5.74) is 1.43. The smallest absolute Gasteiger partial charge is 0.295 e. The molecule has 1 fully saturated rings. The molecule has 0 saturated carbocycles. The maximum absolute atomic E-state index is 11.0. The van der Waals surface area contributed by atoms with Gasteiger partial charge in [-0.25, -0.2) is 4.98 Å². The first-order valence-electron chi connectivity index (χ1n) is 6.59. The molecule has 1 atom stereocenters. The number of pyridine rings is 1. The number of para-hydroxylation sites is 1. The summed E-state index contributed by atoms with van der Waals surface area (Å²) in [6.07, 6.45) is 2.86. The first kappa shape index (κ1) is 13.2. The number of hydrogen-bond acceptors (Lipinski definition) is 5. The summed E-state index contributed by atoms with van der Waals surface area (Å²) in [5.74, 6) is 3.10. The van der Waals surface area contributed by atoms with Crippen LogP contribution in [0.25, 0.3) is 10.9 Å². The van der Waals surface area contributed by atoms with Crippen molar-refractivity contribution in [1.29, 1.82) is 0 Å². The summed E-state index contributed by atoms with van der Waals surface area (Å²) in [4.78, 5) is 14.8. The highest BCUT2D eigenvalue weighted by Gasteiger charge is 2.17. The Morgan fingerprint density at radius 3 is 3.10 bits per heavy atom. The highest BCUT2D eigenvalue weighted by molar-refractivity contribution is 7.99. The van der Waals surface area contributed by atoms with Crippen molar-refractivity contribution in [3.05, 3.63) is 40.6 Å². The third kappa shape index (κ3) is 2.56. The number of non-ortho nitro benzene ring substituents is 1. The number of nitro groups is 1. The number of nitro benzene ring substituents is 1. The molecule has 1 N–H and O–H groups in total. The molecule has 1 aromatic heterocycles. The van der Waals surface area contributed by atoms with Crippen LogP contribution in [0.5, 0.6) is 0 Å². The van der Waals surface area contributed by atoms with Crippen LogP contribution in [0, 0.1) is 16.0 Å². The van der Waals surface area contributed by atoms with Crippen LogP contribution < -0.4 is 5.32 Å². The molecule has 104 valence electrons. The second-order valence-electron chi connectivity index (χ2n) is 4.90. The van der Waals surface area contributed by atoms with Gasteiger partial charge in [0.05, 0.1) is 4.92 Å². The Labute approximate surface area is 120 Å². The topological polar surface area (TPSA) is 68.1 Å². The molecule has 0 radical (unpaired) electrons. The summed E-state index contributed by atoms with van der Waals surface area (Å²) >= 11 is 1.99. The molecular formula is C14H15N3O2S. The molecule has 1 aliphatic rings. The first-order valence-corrected chi connectivity index (χ1v) is 7.75. The first-order chi connectivity index (χ1) is 9.75. The minimum atomic E-state index is -0.382. The van der Waals surface area contributed by atoms with Gasteiger partial charge in [-0.3, -0.25) is 10.1 Å². The van der Waals surface area contributed by atoms with Gasteiger partial charge in [0.1, 0.15) is 5.52 Å². The third-order valence-corrected chi connectivity index (χ3v) is 4.78. The zero-order valence-corrected chi connectivity index (χ0v) is 11.7. The minimum Gasteiger partial charge on any atom is -0.384 e. The van der Waals surface area contributed by atoms with Gasteiger partial charge < -0.3 is 5.32 Å². The van der Waals surface area contributed by atoms with E-state index in [1.54, 1.807) is 12.3 Å². The van der Waals surface area contributed by atoms with Crippen LogP contribution in [0.4, 0.5) is 11.4 Å². The maximum Gasteiger partial charge on any atom is 0.295 e. The minimum absolute atomic E-state index is 0.0579. The second kappa shape index (κ2) is 5.66. The highest BCUT2D eigenvalue weighted by atomic mass is 32.2. The molecule has 0 aliphatic carbocycles. The Bertz CT molecular complexity index is 641. The number of fused-ring (bicyclic) bond motifs is 1.